The van der Waals surface area contributed by atoms with E-state index in [0.717, 1.165) is 34.9 Å². The molecule has 4 aliphatic rings. The molecule has 2 saturated carbocycles. The third kappa shape index (κ3) is 5.71. The molecule has 4 heterocycles. The van der Waals surface area contributed by atoms with Crippen LogP contribution >= 0.6 is 15.9 Å². The molecule has 9 nitrogen and oxygen atoms in total. The summed E-state index contributed by atoms with van der Waals surface area (Å²) in [6.45, 7) is 18.2. The first-order valence-corrected chi connectivity index (χ1v) is 13.8. The first-order chi connectivity index (χ1) is 20.0. The van der Waals surface area contributed by atoms with Crippen molar-refractivity contribution in [1.29, 1.82) is 10.5 Å². The quantitative estimate of drug-likeness (QED) is 0.188. The zero-order valence-electron chi connectivity index (χ0n) is 23.2. The number of hydrogen-bond donors (Lipinski definition) is 0. The van der Waals surface area contributed by atoms with Crippen molar-refractivity contribution in [3.8, 4) is 11.5 Å². The molecule has 2 aliphatic heterocycles. The Hall–Kier alpha value is -3.97. The minimum absolute atomic E-state index is 0. The van der Waals surface area contributed by atoms with Crippen LogP contribution in [0.2, 0.25) is 0 Å². The van der Waals surface area contributed by atoms with Crippen molar-refractivity contribution in [3.63, 3.8) is 0 Å². The molecule has 6 atom stereocenters. The number of hydrogen-bond acceptors (Lipinski definition) is 6. The fourth-order valence-electron chi connectivity index (χ4n) is 6.31. The van der Waals surface area contributed by atoms with Gasteiger partial charge in [-0.2, -0.15) is 0 Å². The van der Waals surface area contributed by atoms with Gasteiger partial charge in [-0.15, -0.1) is 0 Å². The van der Waals surface area contributed by atoms with Gasteiger partial charge in [0.05, 0.1) is 43.8 Å². The summed E-state index contributed by atoms with van der Waals surface area (Å²) in [7, 11) is 4.01. The van der Waals surface area contributed by atoms with Crippen molar-refractivity contribution in [2.45, 2.75) is 23.7 Å². The molecule has 206 valence electrons. The molecule has 0 amide bonds. The summed E-state index contributed by atoms with van der Waals surface area (Å²) < 4.78 is 16.8. The maximum atomic E-state index is 7.13. The molecule has 0 unspecified atom stereocenters. The van der Waals surface area contributed by atoms with Crippen LogP contribution < -0.4 is 9.47 Å². The number of imidazole rings is 2. The summed E-state index contributed by atoms with van der Waals surface area (Å²) in [4.78, 5) is 12.5. The molecule has 0 bridgehead atoms. The Kier molecular flexibility index (Phi) is 9.52. The Labute approximate surface area is 266 Å². The van der Waals surface area contributed by atoms with E-state index in [9.17, 15) is 0 Å². The maximum Gasteiger partial charge on any atom is 2.00 e. The van der Waals surface area contributed by atoms with E-state index in [2.05, 4.69) is 55.3 Å². The second-order valence-electron chi connectivity index (χ2n) is 10.5. The molecule has 0 N–H and O–H groups in total. The Morgan fingerprint density at radius 2 is 1.26 bits per heavy atom. The topological polar surface area (TPSA) is 106 Å². The van der Waals surface area contributed by atoms with Crippen LogP contribution in [0.1, 0.15) is 46.2 Å². The standard InChI is InChI=1S/C15H13N3O.C14H13BrN2O.2CN.Zn/c1-16-9-3-4-13-10(5-9)14-11(7-19-13)15(14)12-6-18(2)8-17-12;1-17-5-11(16-7-17)14-10-6-18-12-3-2-8(15)4-9(12)13(10)14;2*1-2;/h3-6,8,11,14-15H,7H2,2H3;2-5,7,10,13-14H,6H2,1H3;;;/q;;2*-1;+2/t11-,14+,15-;10-,13+,14-;;;/m00.../s1. The van der Waals surface area contributed by atoms with Crippen molar-refractivity contribution < 1.29 is 29.0 Å². The van der Waals surface area contributed by atoms with Crippen molar-refractivity contribution >= 4 is 21.6 Å². The van der Waals surface area contributed by atoms with E-state index < -0.39 is 0 Å². The summed E-state index contributed by atoms with van der Waals surface area (Å²) in [6.07, 6.45) is 7.93. The van der Waals surface area contributed by atoms with Crippen LogP contribution in [0.15, 0.2) is 65.9 Å². The molecule has 8 rings (SSSR count). The molecule has 42 heavy (non-hydrogen) atoms. The smallest absolute Gasteiger partial charge is 0.512 e. The molecule has 2 fully saturated rings. The fraction of sp³-hybridized carbons (Fsp3) is 0.323. The minimum Gasteiger partial charge on any atom is -0.512 e. The van der Waals surface area contributed by atoms with Gasteiger partial charge in [0, 0.05) is 66.5 Å². The van der Waals surface area contributed by atoms with Gasteiger partial charge in [-0.3, -0.25) is 0 Å². The van der Waals surface area contributed by atoms with Crippen molar-refractivity contribution in [2.24, 2.45) is 25.9 Å². The van der Waals surface area contributed by atoms with Gasteiger partial charge in [0.1, 0.15) is 11.5 Å². The SMILES string of the molecule is Cn1cnc([C@@H]2[C@H]3COc4ccc(Br)cc4[C@H]32)c1.[C-]#N.[C-]#N.[C-]#[N+]c1ccc2c(c1)[C@@H]1[C@H](CO2)[C@H]1c1cn(C)cn1.[Zn+2]. The van der Waals surface area contributed by atoms with E-state index in [0.29, 0.717) is 41.2 Å². The molecular formula is C31H26BrN7O2Zn. The number of aromatic nitrogens is 4. The van der Waals surface area contributed by atoms with E-state index >= 15 is 0 Å². The van der Waals surface area contributed by atoms with Crippen LogP contribution in [0, 0.1) is 42.1 Å². The van der Waals surface area contributed by atoms with Gasteiger partial charge in [-0.25, -0.2) is 14.8 Å². The number of benzene rings is 2. The van der Waals surface area contributed by atoms with Crippen LogP contribution in [0.4, 0.5) is 5.69 Å². The number of nitrogens with zero attached hydrogens (tertiary/aromatic N) is 7. The van der Waals surface area contributed by atoms with Gasteiger partial charge in [0.15, 0.2) is 5.69 Å². The molecule has 0 radical (unpaired) electrons. The fourth-order valence-corrected chi connectivity index (χ4v) is 6.69. The summed E-state index contributed by atoms with van der Waals surface area (Å²) in [5, 5.41) is 12.5. The number of aryl methyl sites for hydroxylation is 2. The van der Waals surface area contributed by atoms with Gasteiger partial charge in [-0.05, 0) is 41.5 Å². The summed E-state index contributed by atoms with van der Waals surface area (Å²) >= 11 is 3.54. The van der Waals surface area contributed by atoms with Crippen LogP contribution in [-0.2, 0) is 33.6 Å². The normalized spacial score (nSPS) is 24.3. The molecule has 2 aliphatic carbocycles. The maximum absolute atomic E-state index is 7.13. The van der Waals surface area contributed by atoms with Gasteiger partial charge in [-0.1, -0.05) is 22.0 Å². The van der Waals surface area contributed by atoms with Crippen molar-refractivity contribution in [1.82, 2.24) is 19.1 Å². The van der Waals surface area contributed by atoms with Gasteiger partial charge in [0.25, 0.3) is 0 Å². The summed E-state index contributed by atoms with van der Waals surface area (Å²) in [6, 6.07) is 12.0. The van der Waals surface area contributed by atoms with Crippen molar-refractivity contribution in [3.05, 3.63) is 113 Å². The van der Waals surface area contributed by atoms with E-state index in [-0.39, 0.29) is 19.5 Å². The Morgan fingerprint density at radius 1 is 0.786 bits per heavy atom. The number of ether oxygens (including phenoxy) is 2. The molecule has 2 aromatic carbocycles. The molecule has 2 aromatic heterocycles. The molecule has 0 spiro atoms. The summed E-state index contributed by atoms with van der Waals surface area (Å²) in [5.74, 6) is 5.13. The third-order valence-corrected chi connectivity index (χ3v) is 8.64. The largest absolute Gasteiger partial charge is 2.00 e. The number of halogens is 1. The third-order valence-electron chi connectivity index (χ3n) is 8.14. The van der Waals surface area contributed by atoms with Gasteiger partial charge in [0.2, 0.25) is 0 Å². The predicted octanol–water partition coefficient (Wildman–Crippen LogP) is 6.12. The predicted molar refractivity (Wildman–Crippen MR) is 152 cm³/mol. The first-order valence-electron chi connectivity index (χ1n) is 13.0. The second-order valence-corrected chi connectivity index (χ2v) is 11.4. The van der Waals surface area contributed by atoms with Crippen LogP contribution in [-0.4, -0.2) is 32.3 Å². The van der Waals surface area contributed by atoms with E-state index in [1.54, 1.807) is 0 Å². The second kappa shape index (κ2) is 12.9. The number of rotatable bonds is 2. The first kappa shape index (κ1) is 31.0. The zero-order valence-corrected chi connectivity index (χ0v) is 27.7. The van der Waals surface area contributed by atoms with Crippen LogP contribution in [0.3, 0.4) is 0 Å². The Balaban J connectivity index is 0.000000169. The van der Waals surface area contributed by atoms with E-state index in [1.807, 2.05) is 60.1 Å². The Morgan fingerprint density at radius 3 is 1.71 bits per heavy atom. The zero-order chi connectivity index (χ0) is 29.3. The molecule has 0 saturated heterocycles. The molecular weight excluding hydrogens is 648 g/mol. The van der Waals surface area contributed by atoms with E-state index in [4.69, 9.17) is 39.7 Å². The van der Waals surface area contributed by atoms with Gasteiger partial charge < -0.3 is 42.3 Å². The average Bonchev–Trinajstić information content (AvgIpc) is 3.83. The van der Waals surface area contributed by atoms with Crippen LogP contribution in [0.5, 0.6) is 11.5 Å². The molecule has 4 aromatic rings. The number of fused-ring (bicyclic) bond motifs is 6. The van der Waals surface area contributed by atoms with Gasteiger partial charge >= 0.3 is 19.5 Å². The Bertz CT molecular complexity index is 1650. The van der Waals surface area contributed by atoms with Crippen LogP contribution in [0.25, 0.3) is 4.85 Å². The van der Waals surface area contributed by atoms with Crippen molar-refractivity contribution in [2.75, 3.05) is 13.2 Å². The van der Waals surface area contributed by atoms with E-state index in [1.165, 1.54) is 16.8 Å². The monoisotopic (exact) mass is 671 g/mol. The summed E-state index contributed by atoms with van der Waals surface area (Å²) in [5.41, 5.74) is 5.54. The average molecular weight is 674 g/mol. The minimum atomic E-state index is 0. The molecule has 11 heteroatoms.